The molecule has 24 heavy (non-hydrogen) atoms. The standard InChI is InChI=1S/C19H26N2O3/c1-19(10-6-12-24-19)14-20-18(23)16-9-5-11-21(16)17(22)13-15-7-3-2-4-8-15/h2-4,7-8,16H,5-6,9-14H2,1H3,(H,20,23)/t16-,19-/m0/s1. The largest absolute Gasteiger partial charge is 0.373 e. The Morgan fingerprint density at radius 1 is 1.29 bits per heavy atom. The van der Waals surface area contributed by atoms with Crippen molar-refractivity contribution < 1.29 is 14.3 Å². The van der Waals surface area contributed by atoms with E-state index >= 15 is 0 Å². The first kappa shape index (κ1) is 17.0. The highest BCUT2D eigenvalue weighted by molar-refractivity contribution is 5.89. The number of carbonyl (C=O) groups is 2. The summed E-state index contributed by atoms with van der Waals surface area (Å²) in [5, 5.41) is 3.00. The first-order valence-electron chi connectivity index (χ1n) is 8.82. The van der Waals surface area contributed by atoms with Crippen molar-refractivity contribution >= 4 is 11.8 Å². The zero-order valence-corrected chi connectivity index (χ0v) is 14.3. The predicted octanol–water partition coefficient (Wildman–Crippen LogP) is 1.91. The monoisotopic (exact) mass is 330 g/mol. The van der Waals surface area contributed by atoms with E-state index in [2.05, 4.69) is 5.32 Å². The minimum Gasteiger partial charge on any atom is -0.373 e. The molecule has 2 fully saturated rings. The Morgan fingerprint density at radius 2 is 2.08 bits per heavy atom. The summed E-state index contributed by atoms with van der Waals surface area (Å²) in [6, 6.07) is 9.35. The van der Waals surface area contributed by atoms with Crippen LogP contribution in [0.4, 0.5) is 0 Å². The van der Waals surface area contributed by atoms with Gasteiger partial charge in [-0.05, 0) is 38.2 Å². The number of nitrogens with one attached hydrogen (secondary N) is 1. The number of ether oxygens (including phenoxy) is 1. The number of nitrogens with zero attached hydrogens (tertiary/aromatic N) is 1. The van der Waals surface area contributed by atoms with Gasteiger partial charge in [0.2, 0.25) is 11.8 Å². The number of hydrogen-bond donors (Lipinski definition) is 1. The van der Waals surface area contributed by atoms with E-state index in [1.807, 2.05) is 37.3 Å². The number of likely N-dealkylation sites (tertiary alicyclic amines) is 1. The lowest BCUT2D eigenvalue weighted by Gasteiger charge is -2.27. The minimum absolute atomic E-state index is 0.0298. The van der Waals surface area contributed by atoms with Crippen LogP contribution in [0.1, 0.15) is 38.2 Å². The number of hydrogen-bond acceptors (Lipinski definition) is 3. The zero-order chi connectivity index (χ0) is 17.0. The molecule has 130 valence electrons. The SMILES string of the molecule is C[C@@]1(CNC(=O)[C@@H]2CCCN2C(=O)Cc2ccccc2)CCCO1. The molecule has 2 atom stereocenters. The molecule has 0 radical (unpaired) electrons. The summed E-state index contributed by atoms with van der Waals surface area (Å²) < 4.78 is 5.71. The second kappa shape index (κ2) is 7.34. The number of benzene rings is 1. The third kappa shape index (κ3) is 3.96. The van der Waals surface area contributed by atoms with Crippen LogP contribution in [0.15, 0.2) is 30.3 Å². The third-order valence-electron chi connectivity index (χ3n) is 5.01. The van der Waals surface area contributed by atoms with Gasteiger partial charge in [0.1, 0.15) is 6.04 Å². The Labute approximate surface area is 143 Å². The summed E-state index contributed by atoms with van der Waals surface area (Å²) in [6.45, 7) is 3.98. The van der Waals surface area contributed by atoms with Crippen LogP contribution in [0.3, 0.4) is 0 Å². The molecule has 5 heteroatoms. The van der Waals surface area contributed by atoms with Crippen LogP contribution in [-0.2, 0) is 20.7 Å². The van der Waals surface area contributed by atoms with Gasteiger partial charge >= 0.3 is 0 Å². The minimum atomic E-state index is -0.341. The summed E-state index contributed by atoms with van der Waals surface area (Å²) in [5.41, 5.74) is 0.730. The Balaban J connectivity index is 1.56. The molecule has 0 aromatic heterocycles. The molecule has 2 aliphatic heterocycles. The van der Waals surface area contributed by atoms with Crippen LogP contribution >= 0.6 is 0 Å². The highest BCUT2D eigenvalue weighted by Gasteiger charge is 2.36. The van der Waals surface area contributed by atoms with Gasteiger partial charge in [-0.3, -0.25) is 9.59 Å². The fraction of sp³-hybridized carbons (Fsp3) is 0.579. The van der Waals surface area contributed by atoms with Gasteiger partial charge < -0.3 is 15.0 Å². The van der Waals surface area contributed by atoms with Gasteiger partial charge in [-0.15, -0.1) is 0 Å². The first-order chi connectivity index (χ1) is 11.6. The summed E-state index contributed by atoms with van der Waals surface area (Å²) in [4.78, 5) is 26.9. The van der Waals surface area contributed by atoms with Crippen LogP contribution < -0.4 is 5.32 Å². The number of rotatable bonds is 5. The third-order valence-corrected chi connectivity index (χ3v) is 5.01. The summed E-state index contributed by atoms with van der Waals surface area (Å²) >= 11 is 0. The summed E-state index contributed by atoms with van der Waals surface area (Å²) in [7, 11) is 0. The molecular formula is C19H26N2O3. The van der Waals surface area contributed by atoms with Crippen molar-refractivity contribution in [3.63, 3.8) is 0 Å². The molecule has 2 saturated heterocycles. The quantitative estimate of drug-likeness (QED) is 0.897. The average molecular weight is 330 g/mol. The molecule has 1 N–H and O–H groups in total. The first-order valence-corrected chi connectivity index (χ1v) is 8.82. The van der Waals surface area contributed by atoms with Crippen LogP contribution in [0.25, 0.3) is 0 Å². The lowest BCUT2D eigenvalue weighted by molar-refractivity contribution is -0.138. The van der Waals surface area contributed by atoms with Crippen molar-refractivity contribution in [3.05, 3.63) is 35.9 Å². The lowest BCUT2D eigenvalue weighted by Crippen LogP contribution is -2.49. The highest BCUT2D eigenvalue weighted by Crippen LogP contribution is 2.24. The van der Waals surface area contributed by atoms with Gasteiger partial charge in [0.15, 0.2) is 0 Å². The maximum atomic E-state index is 12.6. The molecule has 5 nitrogen and oxygen atoms in total. The van der Waals surface area contributed by atoms with Crippen molar-refractivity contribution in [1.29, 1.82) is 0 Å². The molecule has 3 rings (SSSR count). The lowest BCUT2D eigenvalue weighted by atomic mass is 10.0. The van der Waals surface area contributed by atoms with Crippen molar-refractivity contribution in [3.8, 4) is 0 Å². The zero-order valence-electron chi connectivity index (χ0n) is 14.3. The van der Waals surface area contributed by atoms with Crippen LogP contribution in [0.2, 0.25) is 0 Å². The Bertz CT molecular complexity index is 582. The molecule has 1 aromatic rings. The molecule has 2 amide bonds. The summed E-state index contributed by atoms with van der Waals surface area (Å²) in [5.74, 6) is -0.0205. The van der Waals surface area contributed by atoms with Gasteiger partial charge in [-0.25, -0.2) is 0 Å². The van der Waals surface area contributed by atoms with E-state index in [0.717, 1.165) is 37.9 Å². The fourth-order valence-corrected chi connectivity index (χ4v) is 3.58. The van der Waals surface area contributed by atoms with Crippen LogP contribution in [-0.4, -0.2) is 48.1 Å². The van der Waals surface area contributed by atoms with E-state index in [9.17, 15) is 9.59 Å². The van der Waals surface area contributed by atoms with Crippen molar-refractivity contribution in [2.75, 3.05) is 19.7 Å². The van der Waals surface area contributed by atoms with Gasteiger partial charge in [0, 0.05) is 19.7 Å². The van der Waals surface area contributed by atoms with E-state index in [0.29, 0.717) is 19.5 Å². The fourth-order valence-electron chi connectivity index (χ4n) is 3.58. The van der Waals surface area contributed by atoms with E-state index in [-0.39, 0.29) is 23.5 Å². The second-order valence-corrected chi connectivity index (χ2v) is 7.03. The molecule has 1 aromatic carbocycles. The molecule has 0 saturated carbocycles. The molecule has 0 unspecified atom stereocenters. The summed E-state index contributed by atoms with van der Waals surface area (Å²) in [6.07, 6.45) is 3.98. The predicted molar refractivity (Wildman–Crippen MR) is 91.5 cm³/mol. The number of amides is 2. The second-order valence-electron chi connectivity index (χ2n) is 7.03. The average Bonchev–Trinajstić information content (AvgIpc) is 3.23. The maximum Gasteiger partial charge on any atom is 0.242 e. The number of carbonyl (C=O) groups excluding carboxylic acids is 2. The van der Waals surface area contributed by atoms with Gasteiger partial charge in [-0.2, -0.15) is 0 Å². The van der Waals surface area contributed by atoms with E-state index < -0.39 is 0 Å². The highest BCUT2D eigenvalue weighted by atomic mass is 16.5. The smallest absolute Gasteiger partial charge is 0.242 e. The van der Waals surface area contributed by atoms with Gasteiger partial charge in [0.05, 0.1) is 12.0 Å². The molecule has 0 spiro atoms. The molecule has 2 heterocycles. The van der Waals surface area contributed by atoms with Gasteiger partial charge in [-0.1, -0.05) is 30.3 Å². The van der Waals surface area contributed by atoms with Crippen LogP contribution in [0.5, 0.6) is 0 Å². The molecular weight excluding hydrogens is 304 g/mol. The van der Waals surface area contributed by atoms with Crippen molar-refractivity contribution in [2.45, 2.75) is 50.7 Å². The van der Waals surface area contributed by atoms with Crippen molar-refractivity contribution in [2.24, 2.45) is 0 Å². The van der Waals surface area contributed by atoms with E-state index in [1.165, 1.54) is 0 Å². The Kier molecular flexibility index (Phi) is 5.19. The van der Waals surface area contributed by atoms with Gasteiger partial charge in [0.25, 0.3) is 0 Å². The normalized spacial score (nSPS) is 26.5. The molecule has 0 aliphatic carbocycles. The molecule has 2 aliphatic rings. The maximum absolute atomic E-state index is 12.6. The van der Waals surface area contributed by atoms with E-state index in [4.69, 9.17) is 4.74 Å². The van der Waals surface area contributed by atoms with Crippen molar-refractivity contribution in [1.82, 2.24) is 10.2 Å². The topological polar surface area (TPSA) is 58.6 Å². The Morgan fingerprint density at radius 3 is 2.79 bits per heavy atom. The van der Waals surface area contributed by atoms with E-state index in [1.54, 1.807) is 4.90 Å². The van der Waals surface area contributed by atoms with Crippen LogP contribution in [0, 0.1) is 0 Å². The Hall–Kier alpha value is -1.88. The molecule has 0 bridgehead atoms.